The summed E-state index contributed by atoms with van der Waals surface area (Å²) in [7, 11) is 0. The Morgan fingerprint density at radius 3 is 2.60 bits per heavy atom. The van der Waals surface area contributed by atoms with Gasteiger partial charge < -0.3 is 5.73 Å². The fourth-order valence-corrected chi connectivity index (χ4v) is 2.37. The zero-order valence-electron chi connectivity index (χ0n) is 11.2. The Hall–Kier alpha value is -2.26. The standard InChI is InChI=1S/C17H15FN2/c1-17(19,13-5-2-6-15(18)10-13)14-8-7-12-4-3-9-20-16(12)11-14/h2-11H,19H2,1H3. The molecule has 1 unspecified atom stereocenters. The minimum Gasteiger partial charge on any atom is -0.318 e. The largest absolute Gasteiger partial charge is 0.318 e. The van der Waals surface area contributed by atoms with Crippen molar-refractivity contribution in [1.82, 2.24) is 4.98 Å². The molecule has 0 saturated heterocycles. The molecule has 3 rings (SSSR count). The second kappa shape index (κ2) is 4.69. The number of pyridine rings is 1. The SMILES string of the molecule is CC(N)(c1cccc(F)c1)c1ccc2cccnc2c1. The maximum absolute atomic E-state index is 13.4. The molecule has 0 fully saturated rings. The van der Waals surface area contributed by atoms with Gasteiger partial charge in [0.1, 0.15) is 5.82 Å². The van der Waals surface area contributed by atoms with Crippen molar-refractivity contribution in [2.75, 3.05) is 0 Å². The van der Waals surface area contributed by atoms with Gasteiger partial charge in [0.2, 0.25) is 0 Å². The highest BCUT2D eigenvalue weighted by atomic mass is 19.1. The Bertz CT molecular complexity index is 766. The molecule has 1 aromatic heterocycles. The van der Waals surface area contributed by atoms with Gasteiger partial charge in [-0.1, -0.05) is 30.3 Å². The molecule has 0 aliphatic heterocycles. The van der Waals surface area contributed by atoms with Crippen LogP contribution >= 0.6 is 0 Å². The number of benzene rings is 2. The minimum absolute atomic E-state index is 0.280. The Morgan fingerprint density at radius 2 is 1.80 bits per heavy atom. The Labute approximate surface area is 117 Å². The predicted octanol–water partition coefficient (Wildman–Crippen LogP) is 3.60. The summed E-state index contributed by atoms with van der Waals surface area (Å²) in [5.41, 5.74) is 8.21. The van der Waals surface area contributed by atoms with Gasteiger partial charge in [0.05, 0.1) is 11.1 Å². The van der Waals surface area contributed by atoms with Crippen LogP contribution in [0.25, 0.3) is 10.9 Å². The van der Waals surface area contributed by atoms with E-state index in [0.717, 1.165) is 22.0 Å². The quantitative estimate of drug-likeness (QED) is 0.769. The number of hydrogen-bond acceptors (Lipinski definition) is 2. The lowest BCUT2D eigenvalue weighted by Gasteiger charge is -2.26. The first kappa shape index (κ1) is 12.8. The van der Waals surface area contributed by atoms with Crippen LogP contribution < -0.4 is 5.73 Å². The first-order chi connectivity index (χ1) is 9.57. The van der Waals surface area contributed by atoms with E-state index >= 15 is 0 Å². The summed E-state index contributed by atoms with van der Waals surface area (Å²) in [6, 6.07) is 16.2. The van der Waals surface area contributed by atoms with Crippen LogP contribution in [0.4, 0.5) is 4.39 Å². The van der Waals surface area contributed by atoms with Crippen molar-refractivity contribution in [1.29, 1.82) is 0 Å². The number of halogens is 1. The van der Waals surface area contributed by atoms with E-state index in [9.17, 15) is 4.39 Å². The average molecular weight is 266 g/mol. The van der Waals surface area contributed by atoms with Crippen LogP contribution in [0, 0.1) is 5.82 Å². The molecule has 0 bridgehead atoms. The van der Waals surface area contributed by atoms with Gasteiger partial charge in [-0.25, -0.2) is 4.39 Å². The Kier molecular flexibility index (Phi) is 2.99. The molecular weight excluding hydrogens is 251 g/mol. The summed E-state index contributed by atoms with van der Waals surface area (Å²) in [5.74, 6) is -0.280. The summed E-state index contributed by atoms with van der Waals surface area (Å²) in [5, 5.41) is 1.06. The van der Waals surface area contributed by atoms with E-state index in [1.807, 2.05) is 43.3 Å². The normalized spacial score (nSPS) is 14.2. The number of hydrogen-bond donors (Lipinski definition) is 1. The van der Waals surface area contributed by atoms with Gasteiger partial charge in [-0.3, -0.25) is 4.98 Å². The molecule has 0 saturated carbocycles. The van der Waals surface area contributed by atoms with Gasteiger partial charge in [-0.2, -0.15) is 0 Å². The molecule has 3 heteroatoms. The summed E-state index contributed by atoms with van der Waals surface area (Å²) in [6.07, 6.45) is 1.75. The molecule has 100 valence electrons. The van der Waals surface area contributed by atoms with Crippen molar-refractivity contribution < 1.29 is 4.39 Å². The highest BCUT2D eigenvalue weighted by Gasteiger charge is 2.24. The highest BCUT2D eigenvalue weighted by Crippen LogP contribution is 2.28. The topological polar surface area (TPSA) is 38.9 Å². The number of nitrogens with two attached hydrogens (primary N) is 1. The lowest BCUT2D eigenvalue weighted by molar-refractivity contribution is 0.582. The number of aromatic nitrogens is 1. The third-order valence-corrected chi connectivity index (χ3v) is 3.63. The fraction of sp³-hybridized carbons (Fsp3) is 0.118. The Balaban J connectivity index is 2.13. The molecule has 1 heterocycles. The number of rotatable bonds is 2. The van der Waals surface area contributed by atoms with Gasteiger partial charge in [-0.05, 0) is 42.3 Å². The van der Waals surface area contributed by atoms with Gasteiger partial charge in [0, 0.05) is 11.6 Å². The molecule has 0 spiro atoms. The molecule has 0 aliphatic rings. The summed E-state index contributed by atoms with van der Waals surface area (Å²) >= 11 is 0. The second-order valence-corrected chi connectivity index (χ2v) is 5.12. The summed E-state index contributed by atoms with van der Waals surface area (Å²) in [6.45, 7) is 1.88. The maximum atomic E-state index is 13.4. The van der Waals surface area contributed by atoms with Crippen molar-refractivity contribution in [2.45, 2.75) is 12.5 Å². The third kappa shape index (κ3) is 2.17. The molecule has 1 atom stereocenters. The third-order valence-electron chi connectivity index (χ3n) is 3.63. The van der Waals surface area contributed by atoms with E-state index in [1.165, 1.54) is 12.1 Å². The van der Waals surface area contributed by atoms with E-state index in [0.29, 0.717) is 0 Å². The molecule has 20 heavy (non-hydrogen) atoms. The molecule has 2 nitrogen and oxygen atoms in total. The second-order valence-electron chi connectivity index (χ2n) is 5.12. The van der Waals surface area contributed by atoms with Crippen LogP contribution in [0.3, 0.4) is 0 Å². The van der Waals surface area contributed by atoms with E-state index in [-0.39, 0.29) is 5.82 Å². The van der Waals surface area contributed by atoms with E-state index in [2.05, 4.69) is 4.98 Å². The van der Waals surface area contributed by atoms with Gasteiger partial charge in [0.15, 0.2) is 0 Å². The average Bonchev–Trinajstić information content (AvgIpc) is 2.46. The van der Waals surface area contributed by atoms with Gasteiger partial charge >= 0.3 is 0 Å². The zero-order chi connectivity index (χ0) is 14.2. The maximum Gasteiger partial charge on any atom is 0.123 e. The molecule has 0 amide bonds. The van der Waals surface area contributed by atoms with Crippen molar-refractivity contribution in [2.24, 2.45) is 5.73 Å². The zero-order valence-corrected chi connectivity index (χ0v) is 11.2. The first-order valence-corrected chi connectivity index (χ1v) is 6.47. The molecule has 2 N–H and O–H groups in total. The summed E-state index contributed by atoms with van der Waals surface area (Å²) in [4.78, 5) is 4.34. The van der Waals surface area contributed by atoms with Crippen LogP contribution in [-0.2, 0) is 5.54 Å². The highest BCUT2D eigenvalue weighted by molar-refractivity contribution is 5.79. The number of nitrogens with zero attached hydrogens (tertiary/aromatic N) is 1. The fourth-order valence-electron chi connectivity index (χ4n) is 2.37. The molecule has 3 aromatic rings. The van der Waals surface area contributed by atoms with E-state index < -0.39 is 5.54 Å². The van der Waals surface area contributed by atoms with Crippen LogP contribution in [-0.4, -0.2) is 4.98 Å². The monoisotopic (exact) mass is 266 g/mol. The van der Waals surface area contributed by atoms with Crippen molar-refractivity contribution >= 4 is 10.9 Å². The summed E-state index contributed by atoms with van der Waals surface area (Å²) < 4.78 is 13.4. The van der Waals surface area contributed by atoms with Crippen molar-refractivity contribution in [3.8, 4) is 0 Å². The van der Waals surface area contributed by atoms with Crippen LogP contribution in [0.5, 0.6) is 0 Å². The van der Waals surface area contributed by atoms with Crippen molar-refractivity contribution in [3.63, 3.8) is 0 Å². The number of fused-ring (bicyclic) bond motifs is 1. The lowest BCUT2D eigenvalue weighted by Crippen LogP contribution is -2.34. The van der Waals surface area contributed by atoms with Crippen LogP contribution in [0.1, 0.15) is 18.1 Å². The molecular formula is C17H15FN2. The molecule has 0 aliphatic carbocycles. The molecule has 2 aromatic carbocycles. The van der Waals surface area contributed by atoms with Crippen molar-refractivity contribution in [3.05, 3.63) is 77.7 Å². The van der Waals surface area contributed by atoms with Gasteiger partial charge in [0.25, 0.3) is 0 Å². The predicted molar refractivity (Wildman–Crippen MR) is 78.8 cm³/mol. The minimum atomic E-state index is -0.756. The van der Waals surface area contributed by atoms with E-state index in [4.69, 9.17) is 5.73 Å². The molecule has 0 radical (unpaired) electrons. The van der Waals surface area contributed by atoms with Crippen LogP contribution in [0.15, 0.2) is 60.8 Å². The first-order valence-electron chi connectivity index (χ1n) is 6.47. The van der Waals surface area contributed by atoms with E-state index in [1.54, 1.807) is 12.3 Å². The Morgan fingerprint density at radius 1 is 1.00 bits per heavy atom. The van der Waals surface area contributed by atoms with Crippen LogP contribution in [0.2, 0.25) is 0 Å². The lowest BCUT2D eigenvalue weighted by atomic mass is 9.85. The van der Waals surface area contributed by atoms with Gasteiger partial charge in [-0.15, -0.1) is 0 Å². The smallest absolute Gasteiger partial charge is 0.123 e.